The zero-order chi connectivity index (χ0) is 32.9. The van der Waals surface area contributed by atoms with Crippen molar-refractivity contribution in [3.63, 3.8) is 0 Å². The number of nitrogens with one attached hydrogen (secondary N) is 1. The third-order valence-electron chi connectivity index (χ3n) is 10.7. The molecular weight excluding hydrogens is 633 g/mol. The number of allylic oxidation sites excluding steroid dienone is 1. The lowest BCUT2D eigenvalue weighted by atomic mass is 9.70. The normalized spacial score (nSPS) is 32.6. The number of carbonyl (C=O) groups excluding carboxylic acids is 1. The van der Waals surface area contributed by atoms with E-state index in [0.717, 1.165) is 25.7 Å². The van der Waals surface area contributed by atoms with E-state index in [9.17, 15) is 18.3 Å². The lowest BCUT2D eigenvalue weighted by Gasteiger charge is -2.54. The molecule has 2 aromatic rings. The zero-order valence-corrected chi connectivity index (χ0v) is 28.2. The van der Waals surface area contributed by atoms with E-state index >= 15 is 4.39 Å². The molecule has 1 saturated heterocycles. The molecule has 3 heterocycles. The maximum Gasteiger partial charge on any atom is 0.264 e. The molecule has 0 saturated carbocycles. The number of rotatable bonds is 3. The number of carbonyl (C=O) groups is 1. The molecule has 3 aliphatic heterocycles. The Morgan fingerprint density at radius 1 is 1.22 bits per heavy atom. The highest BCUT2D eigenvalue weighted by Crippen LogP contribution is 2.46. The van der Waals surface area contributed by atoms with Crippen molar-refractivity contribution in [2.24, 2.45) is 5.92 Å². The number of anilines is 1. The summed E-state index contributed by atoms with van der Waals surface area (Å²) in [5.41, 5.74) is 1.45. The Balaban J connectivity index is 1.48. The molecule has 2 bridgehead atoms. The van der Waals surface area contributed by atoms with Gasteiger partial charge in [0, 0.05) is 48.8 Å². The SMILES string of the molecule is COCC1(CO)/C(F)=C/C[C@H](C)[C@@H](C)S(=O)(=O)NC(=O)c2ccc3c(c2)N(C[C@@H]2CCN21)C[C@@]1(CCCc2cc(Cl)ccc21)CO3. The highest BCUT2D eigenvalue weighted by molar-refractivity contribution is 7.90. The molecule has 2 aromatic carbocycles. The topological polar surface area (TPSA) is 108 Å². The molecule has 1 unspecified atom stereocenters. The fourth-order valence-corrected chi connectivity index (χ4v) is 9.18. The van der Waals surface area contributed by atoms with Crippen LogP contribution in [0.4, 0.5) is 10.1 Å². The summed E-state index contributed by atoms with van der Waals surface area (Å²) in [4.78, 5) is 17.6. The quantitative estimate of drug-likeness (QED) is 0.486. The maximum atomic E-state index is 16.3. The molecule has 250 valence electrons. The Morgan fingerprint density at radius 2 is 2.02 bits per heavy atom. The second-order valence-corrected chi connectivity index (χ2v) is 16.0. The first-order chi connectivity index (χ1) is 21.9. The van der Waals surface area contributed by atoms with E-state index in [2.05, 4.69) is 15.7 Å². The molecule has 6 rings (SSSR count). The minimum Gasteiger partial charge on any atom is -0.490 e. The minimum atomic E-state index is -4.10. The Kier molecular flexibility index (Phi) is 9.19. The molecule has 9 nitrogen and oxygen atoms in total. The summed E-state index contributed by atoms with van der Waals surface area (Å²) >= 11 is 6.40. The summed E-state index contributed by atoms with van der Waals surface area (Å²) in [7, 11) is -2.61. The number of ether oxygens (including phenoxy) is 2. The molecule has 0 radical (unpaired) electrons. The molecule has 1 aliphatic carbocycles. The molecule has 1 fully saturated rings. The van der Waals surface area contributed by atoms with Crippen molar-refractivity contribution in [1.82, 2.24) is 9.62 Å². The molecule has 5 atom stereocenters. The maximum absolute atomic E-state index is 16.3. The molecule has 2 N–H and O–H groups in total. The Bertz CT molecular complexity index is 1640. The lowest BCUT2D eigenvalue weighted by Crippen LogP contribution is -2.67. The van der Waals surface area contributed by atoms with E-state index in [4.69, 9.17) is 21.1 Å². The summed E-state index contributed by atoms with van der Waals surface area (Å²) < 4.78 is 57.2. The summed E-state index contributed by atoms with van der Waals surface area (Å²) in [5, 5.41) is 10.5. The summed E-state index contributed by atoms with van der Waals surface area (Å²) in [6.45, 7) is 4.65. The number of aliphatic hydroxyl groups is 1. The first-order valence-corrected chi connectivity index (χ1v) is 17.9. The minimum absolute atomic E-state index is 0.0669. The van der Waals surface area contributed by atoms with Crippen LogP contribution in [0.5, 0.6) is 5.75 Å². The van der Waals surface area contributed by atoms with Crippen LogP contribution in [0.15, 0.2) is 48.3 Å². The van der Waals surface area contributed by atoms with Gasteiger partial charge in [-0.05, 0) is 86.4 Å². The number of aliphatic hydroxyl groups excluding tert-OH is 1. The number of fused-ring (bicyclic) bond motifs is 4. The van der Waals surface area contributed by atoms with Crippen LogP contribution < -0.4 is 14.4 Å². The largest absolute Gasteiger partial charge is 0.490 e. The van der Waals surface area contributed by atoms with Crippen molar-refractivity contribution in [3.8, 4) is 5.75 Å². The van der Waals surface area contributed by atoms with Crippen molar-refractivity contribution >= 4 is 33.2 Å². The van der Waals surface area contributed by atoms with Gasteiger partial charge in [-0.2, -0.15) is 0 Å². The average molecular weight is 676 g/mol. The van der Waals surface area contributed by atoms with Crippen molar-refractivity contribution < 1.29 is 32.2 Å². The van der Waals surface area contributed by atoms with E-state index in [1.54, 1.807) is 25.1 Å². The predicted molar refractivity (Wildman–Crippen MR) is 176 cm³/mol. The van der Waals surface area contributed by atoms with E-state index in [0.29, 0.717) is 42.7 Å². The number of sulfonamides is 1. The van der Waals surface area contributed by atoms with Gasteiger partial charge in [-0.15, -0.1) is 0 Å². The fourth-order valence-electron chi connectivity index (χ4n) is 7.70. The van der Waals surface area contributed by atoms with Crippen LogP contribution in [0.1, 0.15) is 61.0 Å². The van der Waals surface area contributed by atoms with Gasteiger partial charge in [0.15, 0.2) is 0 Å². The van der Waals surface area contributed by atoms with Gasteiger partial charge >= 0.3 is 0 Å². The highest BCUT2D eigenvalue weighted by atomic mass is 35.5. The summed E-state index contributed by atoms with van der Waals surface area (Å²) in [5.74, 6) is -1.21. The number of hydrogen-bond acceptors (Lipinski definition) is 8. The van der Waals surface area contributed by atoms with Crippen molar-refractivity contribution in [2.45, 2.75) is 68.2 Å². The smallest absolute Gasteiger partial charge is 0.264 e. The van der Waals surface area contributed by atoms with Gasteiger partial charge in [0.2, 0.25) is 10.0 Å². The van der Waals surface area contributed by atoms with Crippen molar-refractivity contribution in [1.29, 1.82) is 0 Å². The van der Waals surface area contributed by atoms with Crippen LogP contribution in [0.25, 0.3) is 0 Å². The molecule has 1 spiro atoms. The number of benzene rings is 2. The average Bonchev–Trinajstić information content (AvgIpc) is 3.17. The fraction of sp³-hybridized carbons (Fsp3) is 0.559. The lowest BCUT2D eigenvalue weighted by molar-refractivity contribution is -0.0787. The molecule has 0 aromatic heterocycles. The van der Waals surface area contributed by atoms with Gasteiger partial charge in [-0.25, -0.2) is 17.5 Å². The van der Waals surface area contributed by atoms with Crippen LogP contribution in [0.2, 0.25) is 5.02 Å². The molecule has 1 amide bonds. The number of methoxy groups -OCH3 is 1. The number of hydrogen-bond donors (Lipinski definition) is 2. The number of halogens is 2. The molecule has 12 heteroatoms. The molecular formula is C34H43ClFN3O6S. The second-order valence-electron chi connectivity index (χ2n) is 13.5. The highest BCUT2D eigenvalue weighted by Gasteiger charge is 2.50. The van der Waals surface area contributed by atoms with E-state index in [-0.39, 0.29) is 30.0 Å². The second kappa shape index (κ2) is 12.7. The Morgan fingerprint density at radius 3 is 2.74 bits per heavy atom. The van der Waals surface area contributed by atoms with Crippen molar-refractivity contribution in [2.75, 3.05) is 51.5 Å². The summed E-state index contributed by atoms with van der Waals surface area (Å²) in [6, 6.07) is 10.9. The van der Waals surface area contributed by atoms with E-state index in [1.165, 1.54) is 31.2 Å². The number of nitrogens with zero attached hydrogens (tertiary/aromatic N) is 2. The Hall–Kier alpha value is -2.70. The van der Waals surface area contributed by atoms with Crippen LogP contribution in [-0.4, -0.2) is 87.7 Å². The van der Waals surface area contributed by atoms with E-state index < -0.39 is 45.1 Å². The number of aryl methyl sites for hydroxylation is 1. The standard InChI is InChI=1S/C34H43ClFN3O6S/c1-22-6-11-31(36)34(19-40,21-44-3)39-14-12-27(39)17-38-18-33(13-4-5-24-15-26(35)8-9-28(24)33)20-45-30-10-7-25(16-29(30)38)32(41)37-46(42,43)23(22)2/h7-11,15-16,22-23,27,40H,4-6,12-14,17-21H2,1-3H3,(H,37,41)/b31-11-/t22-,23+,27-,33-,34?/m0/s1. The first-order valence-electron chi connectivity index (χ1n) is 16.0. The molecule has 4 aliphatic rings. The van der Waals surface area contributed by atoms with Gasteiger partial charge < -0.3 is 19.5 Å². The van der Waals surface area contributed by atoms with E-state index in [1.807, 2.05) is 17.0 Å². The van der Waals surface area contributed by atoms with Crippen LogP contribution in [0, 0.1) is 5.92 Å². The first kappa shape index (κ1) is 33.2. The molecule has 46 heavy (non-hydrogen) atoms. The van der Waals surface area contributed by atoms with Crippen LogP contribution in [0.3, 0.4) is 0 Å². The van der Waals surface area contributed by atoms with Crippen LogP contribution in [-0.2, 0) is 26.6 Å². The zero-order valence-electron chi connectivity index (χ0n) is 26.6. The van der Waals surface area contributed by atoms with Gasteiger partial charge in [0.05, 0.1) is 30.8 Å². The van der Waals surface area contributed by atoms with Gasteiger partial charge in [0.25, 0.3) is 5.91 Å². The monoisotopic (exact) mass is 675 g/mol. The predicted octanol–water partition coefficient (Wildman–Crippen LogP) is 4.61. The Labute approximate surface area is 275 Å². The third kappa shape index (κ3) is 5.83. The third-order valence-corrected chi connectivity index (χ3v) is 12.9. The number of amides is 1. The van der Waals surface area contributed by atoms with Crippen LogP contribution >= 0.6 is 11.6 Å². The van der Waals surface area contributed by atoms with Gasteiger partial charge in [-0.1, -0.05) is 30.7 Å². The van der Waals surface area contributed by atoms with Crippen molar-refractivity contribution in [3.05, 3.63) is 70.0 Å². The summed E-state index contributed by atoms with van der Waals surface area (Å²) in [6.07, 6.45) is 4.99. The van der Waals surface area contributed by atoms with Gasteiger partial charge in [-0.3, -0.25) is 9.69 Å². The van der Waals surface area contributed by atoms with Gasteiger partial charge in [0.1, 0.15) is 17.1 Å².